The van der Waals surface area contributed by atoms with E-state index in [2.05, 4.69) is 22.0 Å². The molecule has 0 amide bonds. The molecule has 0 bridgehead atoms. The highest BCUT2D eigenvalue weighted by molar-refractivity contribution is 5.36. The first-order valence-corrected chi connectivity index (χ1v) is 5.06. The Morgan fingerprint density at radius 1 is 1.57 bits per heavy atom. The number of H-pyrrole nitrogens is 1. The summed E-state index contributed by atoms with van der Waals surface area (Å²) in [5, 5.41) is 6.49. The highest BCUT2D eigenvalue weighted by Crippen LogP contribution is 2.19. The number of nitrogens with zero attached hydrogens (tertiary/aromatic N) is 2. The van der Waals surface area contributed by atoms with Gasteiger partial charge in [-0.25, -0.2) is 5.10 Å². The predicted octanol–water partition coefficient (Wildman–Crippen LogP) is 1.01. The normalized spacial score (nSPS) is 22.4. The van der Waals surface area contributed by atoms with E-state index < -0.39 is 0 Å². The van der Waals surface area contributed by atoms with E-state index in [4.69, 9.17) is 0 Å². The number of hydrogen-bond acceptors (Lipinski definition) is 3. The van der Waals surface area contributed by atoms with Crippen LogP contribution in [0.1, 0.15) is 19.8 Å². The lowest BCUT2D eigenvalue weighted by molar-refractivity contribution is 0.443. The van der Waals surface area contributed by atoms with Crippen molar-refractivity contribution in [1.29, 1.82) is 0 Å². The van der Waals surface area contributed by atoms with Crippen LogP contribution in [-0.4, -0.2) is 23.3 Å². The Kier molecular flexibility index (Phi) is 2.52. The van der Waals surface area contributed by atoms with Crippen LogP contribution in [0.2, 0.25) is 0 Å². The van der Waals surface area contributed by atoms with Gasteiger partial charge in [0.25, 0.3) is 5.56 Å². The second-order valence-corrected chi connectivity index (χ2v) is 3.97. The third kappa shape index (κ3) is 1.95. The first kappa shape index (κ1) is 9.24. The van der Waals surface area contributed by atoms with Gasteiger partial charge in [0.2, 0.25) is 0 Å². The third-order valence-corrected chi connectivity index (χ3v) is 2.65. The highest BCUT2D eigenvalue weighted by Gasteiger charge is 2.17. The second kappa shape index (κ2) is 3.82. The lowest BCUT2D eigenvalue weighted by atomic mass is 10.0. The van der Waals surface area contributed by atoms with E-state index in [-0.39, 0.29) is 5.56 Å². The van der Waals surface area contributed by atoms with Gasteiger partial charge in [-0.3, -0.25) is 4.79 Å². The summed E-state index contributed by atoms with van der Waals surface area (Å²) in [6, 6.07) is 3.32. The van der Waals surface area contributed by atoms with Crippen molar-refractivity contribution in [2.75, 3.05) is 18.0 Å². The summed E-state index contributed by atoms with van der Waals surface area (Å²) in [4.78, 5) is 13.1. The maximum atomic E-state index is 10.8. The summed E-state index contributed by atoms with van der Waals surface area (Å²) in [6.45, 7) is 4.33. The minimum Gasteiger partial charge on any atom is -0.355 e. The fourth-order valence-corrected chi connectivity index (χ4v) is 1.91. The molecule has 0 saturated carbocycles. The zero-order valence-electron chi connectivity index (χ0n) is 8.36. The van der Waals surface area contributed by atoms with Crippen LogP contribution in [0.4, 0.5) is 5.82 Å². The molecule has 1 atom stereocenters. The van der Waals surface area contributed by atoms with Crippen LogP contribution in [-0.2, 0) is 0 Å². The quantitative estimate of drug-likeness (QED) is 0.724. The Balaban J connectivity index is 2.14. The van der Waals surface area contributed by atoms with Gasteiger partial charge in [0.05, 0.1) is 0 Å². The topological polar surface area (TPSA) is 49.0 Å². The van der Waals surface area contributed by atoms with Crippen molar-refractivity contribution in [2.45, 2.75) is 19.8 Å². The average molecular weight is 193 g/mol. The molecule has 1 aliphatic rings. The van der Waals surface area contributed by atoms with Crippen molar-refractivity contribution in [1.82, 2.24) is 10.2 Å². The molecule has 0 aliphatic carbocycles. The van der Waals surface area contributed by atoms with Crippen molar-refractivity contribution < 1.29 is 0 Å². The summed E-state index contributed by atoms with van der Waals surface area (Å²) < 4.78 is 0. The molecule has 1 aromatic heterocycles. The van der Waals surface area contributed by atoms with Crippen molar-refractivity contribution in [3.63, 3.8) is 0 Å². The van der Waals surface area contributed by atoms with Crippen molar-refractivity contribution >= 4 is 5.82 Å². The molecule has 0 radical (unpaired) electrons. The summed E-state index contributed by atoms with van der Waals surface area (Å²) >= 11 is 0. The Hall–Kier alpha value is -1.32. The van der Waals surface area contributed by atoms with Crippen molar-refractivity contribution in [3.05, 3.63) is 22.5 Å². The molecule has 2 rings (SSSR count). The van der Waals surface area contributed by atoms with E-state index in [1.165, 1.54) is 18.9 Å². The Morgan fingerprint density at radius 3 is 3.07 bits per heavy atom. The molecular weight excluding hydrogens is 178 g/mol. The van der Waals surface area contributed by atoms with Gasteiger partial charge in [-0.1, -0.05) is 6.92 Å². The number of piperidine rings is 1. The van der Waals surface area contributed by atoms with E-state index in [0.717, 1.165) is 24.8 Å². The first-order chi connectivity index (χ1) is 6.75. The molecule has 4 heteroatoms. The highest BCUT2D eigenvalue weighted by atomic mass is 16.1. The number of aromatic nitrogens is 2. The van der Waals surface area contributed by atoms with Gasteiger partial charge < -0.3 is 4.90 Å². The molecule has 1 N–H and O–H groups in total. The van der Waals surface area contributed by atoms with Gasteiger partial charge in [0.1, 0.15) is 5.82 Å². The molecule has 1 aliphatic heterocycles. The molecule has 14 heavy (non-hydrogen) atoms. The molecule has 2 heterocycles. The molecule has 1 aromatic rings. The van der Waals surface area contributed by atoms with E-state index >= 15 is 0 Å². The molecule has 76 valence electrons. The second-order valence-electron chi connectivity index (χ2n) is 3.97. The van der Waals surface area contributed by atoms with Crippen LogP contribution in [0.5, 0.6) is 0 Å². The number of rotatable bonds is 1. The lowest BCUT2D eigenvalue weighted by Gasteiger charge is -2.31. The minimum atomic E-state index is -0.140. The zero-order valence-corrected chi connectivity index (χ0v) is 8.36. The Labute approximate surface area is 82.9 Å². The standard InChI is InChI=1S/C10H15N3O/c1-8-3-2-6-13(7-8)9-4-5-10(14)12-11-9/h4-5,8H,2-3,6-7H2,1H3,(H,12,14). The van der Waals surface area contributed by atoms with E-state index in [1.807, 2.05) is 0 Å². The molecule has 0 aromatic carbocycles. The van der Waals surface area contributed by atoms with Crippen LogP contribution in [0.3, 0.4) is 0 Å². The zero-order chi connectivity index (χ0) is 9.97. The Bertz CT molecular complexity index is 340. The monoisotopic (exact) mass is 193 g/mol. The number of nitrogens with one attached hydrogen (secondary N) is 1. The van der Waals surface area contributed by atoms with Crippen LogP contribution in [0.15, 0.2) is 16.9 Å². The van der Waals surface area contributed by atoms with E-state index in [0.29, 0.717) is 0 Å². The number of anilines is 1. The predicted molar refractivity (Wildman–Crippen MR) is 55.5 cm³/mol. The molecule has 1 unspecified atom stereocenters. The van der Waals surface area contributed by atoms with Gasteiger partial charge in [0, 0.05) is 19.2 Å². The maximum absolute atomic E-state index is 10.8. The largest absolute Gasteiger partial charge is 0.355 e. The Morgan fingerprint density at radius 2 is 2.43 bits per heavy atom. The van der Waals surface area contributed by atoms with Crippen LogP contribution in [0, 0.1) is 5.92 Å². The van der Waals surface area contributed by atoms with Gasteiger partial charge in [-0.05, 0) is 24.8 Å². The van der Waals surface area contributed by atoms with Gasteiger partial charge in [-0.15, -0.1) is 0 Å². The minimum absolute atomic E-state index is 0.140. The smallest absolute Gasteiger partial charge is 0.264 e. The van der Waals surface area contributed by atoms with Crippen LogP contribution < -0.4 is 10.5 Å². The number of aromatic amines is 1. The molecule has 1 fully saturated rings. The molecule has 0 spiro atoms. The fourth-order valence-electron chi connectivity index (χ4n) is 1.91. The van der Waals surface area contributed by atoms with Crippen LogP contribution >= 0.6 is 0 Å². The maximum Gasteiger partial charge on any atom is 0.264 e. The molecule has 1 saturated heterocycles. The average Bonchev–Trinajstić information content (AvgIpc) is 2.19. The summed E-state index contributed by atoms with van der Waals surface area (Å²) in [5.74, 6) is 1.61. The van der Waals surface area contributed by atoms with Crippen molar-refractivity contribution in [3.8, 4) is 0 Å². The summed E-state index contributed by atoms with van der Waals surface area (Å²) in [5.41, 5.74) is -0.140. The van der Waals surface area contributed by atoms with Gasteiger partial charge in [0.15, 0.2) is 0 Å². The SMILES string of the molecule is CC1CCCN(c2ccc(=O)[nH]n2)C1. The van der Waals surface area contributed by atoms with Gasteiger partial charge >= 0.3 is 0 Å². The van der Waals surface area contributed by atoms with Crippen molar-refractivity contribution in [2.24, 2.45) is 5.92 Å². The first-order valence-electron chi connectivity index (χ1n) is 5.06. The summed E-state index contributed by atoms with van der Waals surface area (Å²) in [7, 11) is 0. The van der Waals surface area contributed by atoms with Crippen LogP contribution in [0.25, 0.3) is 0 Å². The van der Waals surface area contributed by atoms with E-state index in [9.17, 15) is 4.79 Å². The molecule has 4 nitrogen and oxygen atoms in total. The third-order valence-electron chi connectivity index (χ3n) is 2.65. The molecular formula is C10H15N3O. The fraction of sp³-hybridized carbons (Fsp3) is 0.600. The van der Waals surface area contributed by atoms with Gasteiger partial charge in [-0.2, -0.15) is 5.10 Å². The summed E-state index contributed by atoms with van der Waals surface area (Å²) in [6.07, 6.45) is 2.50. The van der Waals surface area contributed by atoms with E-state index in [1.54, 1.807) is 6.07 Å². The number of hydrogen-bond donors (Lipinski definition) is 1. The lowest BCUT2D eigenvalue weighted by Crippen LogP contribution is -2.35.